The van der Waals surface area contributed by atoms with Gasteiger partial charge in [-0.25, -0.2) is 14.4 Å². The molecule has 0 unspecified atom stereocenters. The molecule has 32 heavy (non-hydrogen) atoms. The molecule has 3 heterocycles. The minimum atomic E-state index is -1.08. The highest BCUT2D eigenvalue weighted by atomic mass is 19.1. The number of nitrogens with zero attached hydrogens (tertiary/aromatic N) is 4. The number of rotatable bonds is 4. The lowest BCUT2D eigenvalue weighted by molar-refractivity contribution is 0.0995. The number of nitrogens with two attached hydrogens (primary N) is 1. The number of carbonyl (C=O) groups is 1. The molecule has 3 N–H and O–H groups in total. The van der Waals surface area contributed by atoms with Gasteiger partial charge in [0.2, 0.25) is 5.88 Å². The Morgan fingerprint density at radius 1 is 1.41 bits per heavy atom. The molecule has 0 aliphatic carbocycles. The smallest absolute Gasteiger partial charge is 0.275 e. The summed E-state index contributed by atoms with van der Waals surface area (Å²) in [6.45, 7) is 3.73. The number of aliphatic imine (C=N–C) groups is 1. The van der Waals surface area contributed by atoms with Crippen molar-refractivity contribution in [3.63, 3.8) is 0 Å². The molecule has 4 atom stereocenters. The average molecular weight is 438 g/mol. The van der Waals surface area contributed by atoms with Crippen LogP contribution in [0.4, 0.5) is 10.1 Å². The number of nitrogens with one attached hydrogen (secondary N) is 1. The van der Waals surface area contributed by atoms with E-state index in [4.69, 9.17) is 15.2 Å². The number of hydrogen-bond donors (Lipinski definition) is 2. The highest BCUT2D eigenvalue weighted by Crippen LogP contribution is 2.52. The highest BCUT2D eigenvalue weighted by Gasteiger charge is 2.57. The van der Waals surface area contributed by atoms with Gasteiger partial charge in [0.15, 0.2) is 0 Å². The summed E-state index contributed by atoms with van der Waals surface area (Å²) in [5.74, 6) is -0.828. The molecule has 2 aliphatic heterocycles. The van der Waals surface area contributed by atoms with Crippen LogP contribution in [-0.2, 0) is 10.3 Å². The SMILES string of the molecule is COc1cnc(C(=O)Nc2ccc(F)c([C@@]34CO[C@@H](C)[C@@H]3C[C@](C)(C#N)C(N)=N4)c2)cn1. The second-order valence-corrected chi connectivity index (χ2v) is 8.28. The van der Waals surface area contributed by atoms with E-state index in [1.807, 2.05) is 6.92 Å². The summed E-state index contributed by atoms with van der Waals surface area (Å²) in [7, 11) is 1.45. The highest BCUT2D eigenvalue weighted by molar-refractivity contribution is 6.02. The number of nitriles is 1. The molecule has 4 rings (SSSR count). The fourth-order valence-corrected chi connectivity index (χ4v) is 4.31. The van der Waals surface area contributed by atoms with E-state index in [0.717, 1.165) is 0 Å². The van der Waals surface area contributed by atoms with Gasteiger partial charge in [0.25, 0.3) is 5.91 Å². The summed E-state index contributed by atoms with van der Waals surface area (Å²) in [5, 5.41) is 12.3. The third kappa shape index (κ3) is 3.44. The van der Waals surface area contributed by atoms with Crippen LogP contribution in [0.5, 0.6) is 5.88 Å². The molecule has 0 bridgehead atoms. The van der Waals surface area contributed by atoms with Crippen LogP contribution in [0.2, 0.25) is 0 Å². The third-order valence-corrected chi connectivity index (χ3v) is 6.27. The Morgan fingerprint density at radius 2 is 2.19 bits per heavy atom. The zero-order valence-corrected chi connectivity index (χ0v) is 17.9. The van der Waals surface area contributed by atoms with Crippen molar-refractivity contribution in [2.45, 2.75) is 31.9 Å². The number of amides is 1. The fourth-order valence-electron chi connectivity index (χ4n) is 4.31. The Labute approximate surface area is 184 Å². The first-order valence-corrected chi connectivity index (χ1v) is 10.1. The molecule has 1 saturated heterocycles. The van der Waals surface area contributed by atoms with Gasteiger partial charge in [-0.2, -0.15) is 5.26 Å². The number of aromatic nitrogens is 2. The summed E-state index contributed by atoms with van der Waals surface area (Å²) in [6.07, 6.45) is 2.76. The van der Waals surface area contributed by atoms with Crippen molar-refractivity contribution < 1.29 is 18.7 Å². The summed E-state index contributed by atoms with van der Waals surface area (Å²) in [6, 6.07) is 6.48. The number of anilines is 1. The topological polar surface area (TPSA) is 136 Å². The Balaban J connectivity index is 1.70. The first-order chi connectivity index (χ1) is 15.2. The van der Waals surface area contributed by atoms with Gasteiger partial charge >= 0.3 is 0 Å². The fraction of sp³-hybridized carbons (Fsp3) is 0.409. The van der Waals surface area contributed by atoms with Crippen LogP contribution in [0, 0.1) is 28.5 Å². The molecule has 0 spiro atoms. The predicted octanol–water partition coefficient (Wildman–Crippen LogP) is 2.40. The number of amidine groups is 1. The molecule has 2 aromatic rings. The van der Waals surface area contributed by atoms with E-state index in [2.05, 4.69) is 26.3 Å². The maximum atomic E-state index is 15.1. The molecular formula is C22H23FN6O3. The van der Waals surface area contributed by atoms with E-state index in [9.17, 15) is 10.1 Å². The van der Waals surface area contributed by atoms with E-state index in [-0.39, 0.29) is 41.6 Å². The lowest BCUT2D eigenvalue weighted by Crippen LogP contribution is -2.49. The van der Waals surface area contributed by atoms with Gasteiger partial charge < -0.3 is 20.5 Å². The number of ether oxygens (including phenoxy) is 2. The van der Waals surface area contributed by atoms with Gasteiger partial charge in [-0.15, -0.1) is 0 Å². The molecule has 9 nitrogen and oxygen atoms in total. The molecule has 1 aromatic heterocycles. The molecule has 1 amide bonds. The number of benzene rings is 1. The summed E-state index contributed by atoms with van der Waals surface area (Å²) in [5.41, 5.74) is 4.84. The van der Waals surface area contributed by atoms with E-state index in [1.54, 1.807) is 6.92 Å². The van der Waals surface area contributed by atoms with Crippen LogP contribution in [-0.4, -0.2) is 41.5 Å². The lowest BCUT2D eigenvalue weighted by atomic mass is 9.67. The largest absolute Gasteiger partial charge is 0.480 e. The van der Waals surface area contributed by atoms with E-state index in [0.29, 0.717) is 12.1 Å². The van der Waals surface area contributed by atoms with Crippen LogP contribution in [0.3, 0.4) is 0 Å². The van der Waals surface area contributed by atoms with E-state index < -0.39 is 22.7 Å². The second kappa shape index (κ2) is 7.84. The summed E-state index contributed by atoms with van der Waals surface area (Å²) < 4.78 is 25.9. The average Bonchev–Trinajstić information content (AvgIpc) is 3.11. The summed E-state index contributed by atoms with van der Waals surface area (Å²) in [4.78, 5) is 25.2. The Hall–Kier alpha value is -3.58. The van der Waals surface area contributed by atoms with Crippen LogP contribution in [0.25, 0.3) is 0 Å². The molecule has 2 aliphatic rings. The molecule has 166 valence electrons. The van der Waals surface area contributed by atoms with E-state index in [1.165, 1.54) is 37.7 Å². The van der Waals surface area contributed by atoms with Crippen LogP contribution < -0.4 is 15.8 Å². The lowest BCUT2D eigenvalue weighted by Gasteiger charge is -2.41. The minimum Gasteiger partial charge on any atom is -0.480 e. The number of carbonyl (C=O) groups excluding carboxylic acids is 1. The number of hydrogen-bond acceptors (Lipinski definition) is 8. The van der Waals surface area contributed by atoms with Crippen LogP contribution in [0.15, 0.2) is 35.6 Å². The number of fused-ring (bicyclic) bond motifs is 1. The van der Waals surface area contributed by atoms with Crippen molar-refractivity contribution in [1.82, 2.24) is 9.97 Å². The van der Waals surface area contributed by atoms with Gasteiger partial charge in [0.1, 0.15) is 28.3 Å². The number of halogens is 1. The number of methoxy groups -OCH3 is 1. The Morgan fingerprint density at radius 3 is 2.84 bits per heavy atom. The minimum absolute atomic E-state index is 0.0789. The van der Waals surface area contributed by atoms with Gasteiger partial charge in [0.05, 0.1) is 38.3 Å². The maximum absolute atomic E-state index is 15.1. The second-order valence-electron chi connectivity index (χ2n) is 8.28. The van der Waals surface area contributed by atoms with Crippen molar-refractivity contribution in [2.24, 2.45) is 22.1 Å². The Bertz CT molecular complexity index is 1130. The third-order valence-electron chi connectivity index (χ3n) is 6.27. The molecule has 0 saturated carbocycles. The van der Waals surface area contributed by atoms with Crippen LogP contribution in [0.1, 0.15) is 36.3 Å². The van der Waals surface area contributed by atoms with Gasteiger partial charge in [0, 0.05) is 17.2 Å². The normalized spacial score (nSPS) is 28.9. The monoisotopic (exact) mass is 438 g/mol. The quantitative estimate of drug-likeness (QED) is 0.748. The zero-order valence-electron chi connectivity index (χ0n) is 17.9. The first-order valence-electron chi connectivity index (χ1n) is 10.1. The van der Waals surface area contributed by atoms with Gasteiger partial charge in [-0.05, 0) is 38.5 Å². The van der Waals surface area contributed by atoms with Crippen molar-refractivity contribution in [2.75, 3.05) is 19.0 Å². The van der Waals surface area contributed by atoms with Gasteiger partial charge in [-0.3, -0.25) is 9.79 Å². The molecule has 1 aromatic carbocycles. The van der Waals surface area contributed by atoms with Crippen LogP contribution >= 0.6 is 0 Å². The first kappa shape index (κ1) is 21.6. The van der Waals surface area contributed by atoms with Crippen molar-refractivity contribution in [1.29, 1.82) is 5.26 Å². The van der Waals surface area contributed by atoms with Crippen molar-refractivity contribution >= 4 is 17.4 Å². The zero-order chi connectivity index (χ0) is 23.1. The van der Waals surface area contributed by atoms with E-state index >= 15 is 4.39 Å². The van der Waals surface area contributed by atoms with Crippen molar-refractivity contribution in [3.8, 4) is 11.9 Å². The van der Waals surface area contributed by atoms with Gasteiger partial charge in [-0.1, -0.05) is 0 Å². The predicted molar refractivity (Wildman–Crippen MR) is 113 cm³/mol. The molecular weight excluding hydrogens is 415 g/mol. The van der Waals surface area contributed by atoms with Crippen molar-refractivity contribution in [3.05, 3.63) is 47.7 Å². The maximum Gasteiger partial charge on any atom is 0.275 e. The molecule has 10 heteroatoms. The summed E-state index contributed by atoms with van der Waals surface area (Å²) >= 11 is 0. The molecule has 0 radical (unpaired) electrons. The Kier molecular flexibility index (Phi) is 5.30. The standard InChI is InChI=1S/C22H23FN6O3/c1-12-15-7-21(2,10-24)20(25)29-22(15,11-32-12)14-6-13(4-5-16(14)23)28-19(30)17-8-27-18(31-3)9-26-17/h4-6,8-9,12,15H,7,11H2,1-3H3,(H2,25,29)(H,28,30)/t12-,15-,21+,22-/m0/s1. The molecule has 1 fully saturated rings.